The summed E-state index contributed by atoms with van der Waals surface area (Å²) in [4.78, 5) is 9.62. The van der Waals surface area contributed by atoms with Crippen LogP contribution in [0.4, 0.5) is 0 Å². The molecule has 0 saturated carbocycles. The second-order valence-corrected chi connectivity index (χ2v) is 3.08. The van der Waals surface area contributed by atoms with Crippen LogP contribution in [-0.2, 0) is 4.79 Å². The van der Waals surface area contributed by atoms with Crippen LogP contribution in [0.3, 0.4) is 0 Å². The minimum Gasteiger partial charge on any atom is -1.00 e. The van der Waals surface area contributed by atoms with Crippen molar-refractivity contribution in [2.75, 3.05) is 0 Å². The smallest absolute Gasteiger partial charge is 1.00 e. The van der Waals surface area contributed by atoms with Crippen LogP contribution in [-0.4, -0.2) is 14.9 Å². The van der Waals surface area contributed by atoms with Gasteiger partial charge in [0.05, 0.1) is 0 Å². The molecule has 0 radical (unpaired) electrons. The van der Waals surface area contributed by atoms with Gasteiger partial charge in [0.25, 0.3) is 3.79 Å². The SMILES string of the molecule is O=C(O)C(Cl)(Cl)Cl.[H-].[H-].[Li+].[Li+]. The second-order valence-electron chi connectivity index (χ2n) is 0.803. The molecule has 0 unspecified atom stereocenters. The topological polar surface area (TPSA) is 37.3 Å². The molecule has 0 aromatic rings. The van der Waals surface area contributed by atoms with E-state index in [2.05, 4.69) is 0 Å². The zero-order valence-electron chi connectivity index (χ0n) is 6.99. The van der Waals surface area contributed by atoms with Crippen molar-refractivity contribution in [2.45, 2.75) is 3.79 Å². The molecule has 0 heterocycles. The molecule has 0 bridgehead atoms. The van der Waals surface area contributed by atoms with E-state index in [-0.39, 0.29) is 40.6 Å². The third-order valence-electron chi connectivity index (χ3n) is 0.243. The molecule has 0 aliphatic rings. The number of alkyl halides is 3. The van der Waals surface area contributed by atoms with Gasteiger partial charge in [0.2, 0.25) is 0 Å². The molecule has 0 amide bonds. The number of carboxylic acid groups (broad SMARTS) is 1. The van der Waals surface area contributed by atoms with Crippen LogP contribution in [0.25, 0.3) is 0 Å². The van der Waals surface area contributed by atoms with Gasteiger partial charge in [0, 0.05) is 0 Å². The van der Waals surface area contributed by atoms with Crippen LogP contribution in [0.2, 0.25) is 0 Å². The zero-order chi connectivity index (χ0) is 6.08. The normalized spacial score (nSPS) is 8.78. The molecule has 46 valence electrons. The summed E-state index contributed by atoms with van der Waals surface area (Å²) in [5, 5.41) is 7.85. The number of carbonyl (C=O) groups is 1. The van der Waals surface area contributed by atoms with Crippen LogP contribution in [0.15, 0.2) is 0 Å². The maximum atomic E-state index is 9.62. The Hall–Kier alpha value is 1.53. The molecule has 0 atom stereocenters. The molecule has 0 aromatic carbocycles. The fourth-order valence-electron chi connectivity index (χ4n) is 0. The van der Waals surface area contributed by atoms with Gasteiger partial charge < -0.3 is 7.96 Å². The summed E-state index contributed by atoms with van der Waals surface area (Å²) in [5.74, 6) is -1.46. The zero-order valence-corrected chi connectivity index (χ0v) is 7.26. The summed E-state index contributed by atoms with van der Waals surface area (Å²) < 4.78 is -2.17. The first-order valence-electron chi connectivity index (χ1n) is 1.24. The Balaban J connectivity index is -0.0000000300. The molecule has 0 spiro atoms. The Bertz CT molecular complexity index is 97.8. The summed E-state index contributed by atoms with van der Waals surface area (Å²) in [6.45, 7) is 0. The molecular weight excluding hydrogens is 176 g/mol. The molecule has 1 N–H and O–H groups in total. The molecule has 2 nitrogen and oxygen atoms in total. The first kappa shape index (κ1) is 16.9. The average molecular weight is 179 g/mol. The monoisotopic (exact) mass is 178 g/mol. The molecule has 0 saturated heterocycles. The van der Waals surface area contributed by atoms with E-state index < -0.39 is 9.76 Å². The van der Waals surface area contributed by atoms with E-state index in [0.717, 1.165) is 0 Å². The third kappa shape index (κ3) is 9.53. The first-order valence-corrected chi connectivity index (χ1v) is 2.38. The van der Waals surface area contributed by atoms with E-state index in [1.807, 2.05) is 0 Å². The summed E-state index contributed by atoms with van der Waals surface area (Å²) >= 11 is 14.4. The van der Waals surface area contributed by atoms with Gasteiger partial charge in [-0.05, 0) is 0 Å². The Morgan fingerprint density at radius 3 is 1.44 bits per heavy atom. The van der Waals surface area contributed by atoms with Crippen LogP contribution in [0, 0.1) is 0 Å². The molecule has 7 heteroatoms. The number of carboxylic acids is 1. The molecule has 0 aromatic heterocycles. The van der Waals surface area contributed by atoms with Crippen molar-refractivity contribution in [3.63, 3.8) is 0 Å². The van der Waals surface area contributed by atoms with Gasteiger partial charge >= 0.3 is 43.7 Å². The van der Waals surface area contributed by atoms with Gasteiger partial charge in [-0.15, -0.1) is 0 Å². The van der Waals surface area contributed by atoms with Gasteiger partial charge in [-0.25, -0.2) is 4.79 Å². The van der Waals surface area contributed by atoms with Gasteiger partial charge in [-0.3, -0.25) is 0 Å². The Morgan fingerprint density at radius 1 is 1.33 bits per heavy atom. The van der Waals surface area contributed by atoms with Crippen molar-refractivity contribution in [1.82, 2.24) is 0 Å². The summed E-state index contributed by atoms with van der Waals surface area (Å²) in [6, 6.07) is 0. The van der Waals surface area contributed by atoms with E-state index in [9.17, 15) is 4.79 Å². The number of aliphatic carboxylic acids is 1. The van der Waals surface area contributed by atoms with E-state index in [1.54, 1.807) is 0 Å². The van der Waals surface area contributed by atoms with Crippen molar-refractivity contribution < 1.29 is 50.5 Å². The van der Waals surface area contributed by atoms with Crippen molar-refractivity contribution >= 4 is 40.8 Å². The Labute approximate surface area is 94.5 Å². The first-order chi connectivity index (χ1) is 2.94. The fourth-order valence-corrected chi connectivity index (χ4v) is 0. The standard InChI is InChI=1S/C2HCl3O2.2Li.2H/c3-2(4,5)1(6)7;;;;/h(H,6,7);;;;/q;2*+1;2*-1. The minimum atomic E-state index is -2.17. The summed E-state index contributed by atoms with van der Waals surface area (Å²) in [7, 11) is 0. The molecule has 0 aliphatic heterocycles. The third-order valence-corrected chi connectivity index (χ3v) is 0.728. The summed E-state index contributed by atoms with van der Waals surface area (Å²) in [6.07, 6.45) is 0. The van der Waals surface area contributed by atoms with Crippen LogP contribution < -0.4 is 37.7 Å². The average Bonchev–Trinajstić information content (AvgIpc) is 1.31. The van der Waals surface area contributed by atoms with Gasteiger partial charge in [-0.2, -0.15) is 0 Å². The van der Waals surface area contributed by atoms with E-state index in [0.29, 0.717) is 0 Å². The van der Waals surface area contributed by atoms with Crippen molar-refractivity contribution in [3.05, 3.63) is 0 Å². The van der Waals surface area contributed by atoms with Crippen molar-refractivity contribution in [1.29, 1.82) is 0 Å². The predicted molar refractivity (Wildman–Crippen MR) is 30.1 cm³/mol. The van der Waals surface area contributed by atoms with E-state index in [4.69, 9.17) is 39.9 Å². The van der Waals surface area contributed by atoms with Gasteiger partial charge in [0.1, 0.15) is 0 Å². The predicted octanol–water partition coefficient (Wildman–Crippen LogP) is -4.33. The molecular formula is C2H3Cl3Li2O2. The van der Waals surface area contributed by atoms with Crippen molar-refractivity contribution in [3.8, 4) is 0 Å². The number of rotatable bonds is 0. The van der Waals surface area contributed by atoms with Crippen LogP contribution >= 0.6 is 34.8 Å². The second kappa shape index (κ2) is 6.26. The van der Waals surface area contributed by atoms with E-state index >= 15 is 0 Å². The quantitative estimate of drug-likeness (QED) is 0.302. The largest absolute Gasteiger partial charge is 1.00 e. The van der Waals surface area contributed by atoms with E-state index in [1.165, 1.54) is 0 Å². The van der Waals surface area contributed by atoms with Gasteiger partial charge in [-0.1, -0.05) is 34.8 Å². The number of halogens is 3. The Morgan fingerprint density at radius 2 is 1.44 bits per heavy atom. The maximum absolute atomic E-state index is 9.62. The Kier molecular flexibility index (Phi) is 11.7. The molecule has 9 heavy (non-hydrogen) atoms. The number of hydrogen-bond donors (Lipinski definition) is 1. The fraction of sp³-hybridized carbons (Fsp3) is 0.500. The molecule has 0 rings (SSSR count). The van der Waals surface area contributed by atoms with Gasteiger partial charge in [0.15, 0.2) is 0 Å². The van der Waals surface area contributed by atoms with Crippen molar-refractivity contribution in [2.24, 2.45) is 0 Å². The molecule has 0 aliphatic carbocycles. The summed E-state index contributed by atoms with van der Waals surface area (Å²) in [5.41, 5.74) is 0. The molecule has 0 fully saturated rings. The maximum Gasteiger partial charge on any atom is 1.00 e. The van der Waals surface area contributed by atoms with Crippen LogP contribution in [0.5, 0.6) is 0 Å². The minimum absolute atomic E-state index is 0. The number of hydrogen-bond acceptors (Lipinski definition) is 1. The van der Waals surface area contributed by atoms with Crippen LogP contribution in [0.1, 0.15) is 2.85 Å².